The Morgan fingerprint density at radius 3 is 2.36 bits per heavy atom. The van der Waals surface area contributed by atoms with Crippen molar-refractivity contribution in [3.05, 3.63) is 35.6 Å². The normalized spacial score (nSPS) is 11.8. The number of nitrogens with one attached hydrogen (secondary N) is 1. The molecule has 4 nitrogen and oxygen atoms in total. The highest BCUT2D eigenvalue weighted by atomic mass is 19.1. The molecule has 0 spiro atoms. The smallest absolute Gasteiger partial charge is 0.242 e. The summed E-state index contributed by atoms with van der Waals surface area (Å²) in [6, 6.07) is 5.45. The molecule has 1 aromatic rings. The fourth-order valence-electron chi connectivity index (χ4n) is 2.12. The van der Waals surface area contributed by atoms with Crippen LogP contribution in [0.3, 0.4) is 0 Å². The highest BCUT2D eigenvalue weighted by Gasteiger charge is 2.25. The third-order valence-electron chi connectivity index (χ3n) is 3.45. The number of carbonyl (C=O) groups excluding carboxylic acids is 2. The van der Waals surface area contributed by atoms with Crippen molar-refractivity contribution in [2.24, 2.45) is 0 Å². The summed E-state index contributed by atoms with van der Waals surface area (Å²) in [4.78, 5) is 26.0. The molecule has 0 aliphatic rings. The van der Waals surface area contributed by atoms with E-state index in [1.165, 1.54) is 12.1 Å². The topological polar surface area (TPSA) is 49.4 Å². The van der Waals surface area contributed by atoms with E-state index in [-0.39, 0.29) is 17.6 Å². The molecule has 0 fully saturated rings. The molecule has 122 valence electrons. The van der Waals surface area contributed by atoms with Gasteiger partial charge in [-0.25, -0.2) is 4.39 Å². The molecule has 1 rings (SSSR count). The first-order valence-electron chi connectivity index (χ1n) is 7.81. The van der Waals surface area contributed by atoms with Gasteiger partial charge in [-0.1, -0.05) is 26.0 Å². The second kappa shape index (κ2) is 9.18. The van der Waals surface area contributed by atoms with Crippen LogP contribution in [0.4, 0.5) is 4.39 Å². The number of benzene rings is 1. The lowest BCUT2D eigenvalue weighted by Gasteiger charge is -2.28. The lowest BCUT2D eigenvalue weighted by molar-refractivity contribution is -0.140. The molecule has 0 aliphatic heterocycles. The molecule has 0 saturated carbocycles. The average Bonchev–Trinajstić information content (AvgIpc) is 2.51. The molecule has 1 atom stereocenters. The third-order valence-corrected chi connectivity index (χ3v) is 3.45. The SMILES string of the molecule is CCCNC(=O)[C@H](C)N(Cc1ccc(F)cc1)C(=O)CCC. The van der Waals surface area contributed by atoms with Crippen molar-refractivity contribution in [2.75, 3.05) is 6.54 Å². The van der Waals surface area contributed by atoms with Gasteiger partial charge in [-0.2, -0.15) is 0 Å². The van der Waals surface area contributed by atoms with Crippen LogP contribution in [0.25, 0.3) is 0 Å². The van der Waals surface area contributed by atoms with E-state index in [1.54, 1.807) is 24.0 Å². The first kappa shape index (κ1) is 18.1. The second-order valence-corrected chi connectivity index (χ2v) is 5.37. The molecule has 5 heteroatoms. The molecule has 0 bridgehead atoms. The first-order chi connectivity index (χ1) is 10.5. The zero-order valence-corrected chi connectivity index (χ0v) is 13.6. The van der Waals surface area contributed by atoms with Gasteiger partial charge >= 0.3 is 0 Å². The van der Waals surface area contributed by atoms with E-state index in [0.29, 0.717) is 19.5 Å². The van der Waals surface area contributed by atoms with Crippen LogP contribution in [0.2, 0.25) is 0 Å². The van der Waals surface area contributed by atoms with Crippen LogP contribution in [0.1, 0.15) is 45.6 Å². The van der Waals surface area contributed by atoms with Gasteiger partial charge in [0, 0.05) is 19.5 Å². The summed E-state index contributed by atoms with van der Waals surface area (Å²) in [5.74, 6) is -0.539. The minimum absolute atomic E-state index is 0.0639. The number of hydrogen-bond donors (Lipinski definition) is 1. The Labute approximate surface area is 131 Å². The first-order valence-corrected chi connectivity index (χ1v) is 7.81. The fourth-order valence-corrected chi connectivity index (χ4v) is 2.12. The Kier molecular flexibility index (Phi) is 7.57. The van der Waals surface area contributed by atoms with Gasteiger partial charge in [0.2, 0.25) is 11.8 Å². The third kappa shape index (κ3) is 5.47. The monoisotopic (exact) mass is 308 g/mol. The van der Waals surface area contributed by atoms with Crippen molar-refractivity contribution >= 4 is 11.8 Å². The van der Waals surface area contributed by atoms with Gasteiger partial charge in [-0.05, 0) is 37.5 Å². The van der Waals surface area contributed by atoms with Crippen LogP contribution >= 0.6 is 0 Å². The Morgan fingerprint density at radius 1 is 1.18 bits per heavy atom. The molecule has 2 amide bonds. The van der Waals surface area contributed by atoms with Crippen molar-refractivity contribution in [1.29, 1.82) is 0 Å². The van der Waals surface area contributed by atoms with Gasteiger partial charge in [0.25, 0.3) is 0 Å². The maximum absolute atomic E-state index is 13.0. The Bertz CT molecular complexity index is 488. The second-order valence-electron chi connectivity index (χ2n) is 5.37. The molecular formula is C17H25FN2O2. The maximum Gasteiger partial charge on any atom is 0.242 e. The van der Waals surface area contributed by atoms with E-state index in [4.69, 9.17) is 0 Å². The van der Waals surface area contributed by atoms with Crippen LogP contribution in [0.15, 0.2) is 24.3 Å². The maximum atomic E-state index is 13.0. The fraction of sp³-hybridized carbons (Fsp3) is 0.529. The van der Waals surface area contributed by atoms with E-state index in [9.17, 15) is 14.0 Å². The lowest BCUT2D eigenvalue weighted by Crippen LogP contribution is -2.47. The molecule has 0 heterocycles. The zero-order chi connectivity index (χ0) is 16.5. The number of halogens is 1. The minimum Gasteiger partial charge on any atom is -0.354 e. The minimum atomic E-state index is -0.546. The zero-order valence-electron chi connectivity index (χ0n) is 13.6. The van der Waals surface area contributed by atoms with Crippen molar-refractivity contribution in [3.8, 4) is 0 Å². The van der Waals surface area contributed by atoms with E-state index in [1.807, 2.05) is 13.8 Å². The van der Waals surface area contributed by atoms with Gasteiger partial charge < -0.3 is 10.2 Å². The van der Waals surface area contributed by atoms with Gasteiger partial charge in [0.05, 0.1) is 0 Å². The molecule has 0 saturated heterocycles. The largest absolute Gasteiger partial charge is 0.354 e. The van der Waals surface area contributed by atoms with Crippen molar-refractivity contribution in [3.63, 3.8) is 0 Å². The average molecular weight is 308 g/mol. The van der Waals surface area contributed by atoms with Crippen molar-refractivity contribution < 1.29 is 14.0 Å². The van der Waals surface area contributed by atoms with E-state index >= 15 is 0 Å². The van der Waals surface area contributed by atoms with Crippen LogP contribution in [0.5, 0.6) is 0 Å². The highest BCUT2D eigenvalue weighted by Crippen LogP contribution is 2.12. The molecule has 0 aromatic heterocycles. The van der Waals surface area contributed by atoms with Gasteiger partial charge in [0.15, 0.2) is 0 Å². The molecule has 0 radical (unpaired) electrons. The Hall–Kier alpha value is -1.91. The number of hydrogen-bond acceptors (Lipinski definition) is 2. The summed E-state index contributed by atoms with van der Waals surface area (Å²) >= 11 is 0. The van der Waals surface area contributed by atoms with E-state index in [2.05, 4.69) is 5.32 Å². The van der Waals surface area contributed by atoms with Gasteiger partial charge in [0.1, 0.15) is 11.9 Å². The Morgan fingerprint density at radius 2 is 1.82 bits per heavy atom. The number of nitrogens with zero attached hydrogens (tertiary/aromatic N) is 1. The molecule has 0 unspecified atom stereocenters. The Balaban J connectivity index is 2.85. The molecule has 22 heavy (non-hydrogen) atoms. The van der Waals surface area contributed by atoms with Crippen LogP contribution in [-0.2, 0) is 16.1 Å². The molecule has 0 aliphatic carbocycles. The van der Waals surface area contributed by atoms with Crippen LogP contribution in [-0.4, -0.2) is 29.3 Å². The summed E-state index contributed by atoms with van der Waals surface area (Å²) < 4.78 is 13.0. The van der Waals surface area contributed by atoms with Gasteiger partial charge in [-0.3, -0.25) is 9.59 Å². The van der Waals surface area contributed by atoms with Crippen molar-refractivity contribution in [1.82, 2.24) is 10.2 Å². The predicted octanol–water partition coefficient (Wildman–Crippen LogP) is 2.87. The molecule has 1 aromatic carbocycles. The summed E-state index contributed by atoms with van der Waals surface area (Å²) in [6.45, 7) is 6.52. The molecular weight excluding hydrogens is 283 g/mol. The highest BCUT2D eigenvalue weighted by molar-refractivity contribution is 5.87. The lowest BCUT2D eigenvalue weighted by atomic mass is 10.1. The summed E-state index contributed by atoms with van der Waals surface area (Å²) in [6.07, 6.45) is 1.97. The van der Waals surface area contributed by atoms with Crippen LogP contribution in [0, 0.1) is 5.82 Å². The molecule has 1 N–H and O–H groups in total. The standard InChI is InChI=1S/C17H25FN2O2/c1-4-6-16(21)20(13(3)17(22)19-11-5-2)12-14-7-9-15(18)10-8-14/h7-10,13H,4-6,11-12H2,1-3H3,(H,19,22)/t13-/m0/s1. The van der Waals surface area contributed by atoms with Gasteiger partial charge in [-0.15, -0.1) is 0 Å². The predicted molar refractivity (Wildman–Crippen MR) is 84.6 cm³/mol. The van der Waals surface area contributed by atoms with Crippen LogP contribution < -0.4 is 5.32 Å². The van der Waals surface area contributed by atoms with E-state index in [0.717, 1.165) is 18.4 Å². The summed E-state index contributed by atoms with van der Waals surface area (Å²) in [5, 5.41) is 2.81. The van der Waals surface area contributed by atoms with E-state index < -0.39 is 6.04 Å². The summed E-state index contributed by atoms with van der Waals surface area (Å²) in [5.41, 5.74) is 0.806. The number of rotatable bonds is 8. The summed E-state index contributed by atoms with van der Waals surface area (Å²) in [7, 11) is 0. The van der Waals surface area contributed by atoms with Crippen molar-refractivity contribution in [2.45, 2.75) is 52.6 Å². The number of carbonyl (C=O) groups is 2. The number of amides is 2. The quantitative estimate of drug-likeness (QED) is 0.803.